The largest absolute Gasteiger partial charge is 0.378 e. The minimum atomic E-state index is -0.0422. The van der Waals surface area contributed by atoms with Crippen LogP contribution >= 0.6 is 22.9 Å². The van der Waals surface area contributed by atoms with Crippen LogP contribution in [0.15, 0.2) is 29.6 Å². The molecule has 0 spiro atoms. The molecule has 3 rings (SSSR count). The SMILES string of the molecule is CN(CC[C@H]1CCCO1)C(=O)c1csc(-c2ccc(Cl)cc2)n1. The third-order valence-electron chi connectivity index (χ3n) is 3.97. The highest BCUT2D eigenvalue weighted by Gasteiger charge is 2.20. The van der Waals surface area contributed by atoms with Crippen LogP contribution in [0.3, 0.4) is 0 Å². The van der Waals surface area contributed by atoms with E-state index in [0.717, 1.165) is 36.4 Å². The van der Waals surface area contributed by atoms with Crippen molar-refractivity contribution < 1.29 is 9.53 Å². The number of hydrogen-bond acceptors (Lipinski definition) is 4. The molecule has 2 aromatic rings. The van der Waals surface area contributed by atoms with Crippen molar-refractivity contribution >= 4 is 28.8 Å². The molecule has 0 bridgehead atoms. The molecule has 1 amide bonds. The Hall–Kier alpha value is -1.43. The number of hydrogen-bond donors (Lipinski definition) is 0. The highest BCUT2D eigenvalue weighted by molar-refractivity contribution is 7.13. The molecular formula is C17H19ClN2O2S. The molecule has 1 saturated heterocycles. The molecular weight excluding hydrogens is 332 g/mol. The topological polar surface area (TPSA) is 42.4 Å². The number of thiazole rings is 1. The van der Waals surface area contributed by atoms with Crippen LogP contribution in [-0.2, 0) is 4.74 Å². The highest BCUT2D eigenvalue weighted by Crippen LogP contribution is 2.25. The minimum absolute atomic E-state index is 0.0422. The summed E-state index contributed by atoms with van der Waals surface area (Å²) >= 11 is 7.37. The fraction of sp³-hybridized carbons (Fsp3) is 0.412. The summed E-state index contributed by atoms with van der Waals surface area (Å²) in [6, 6.07) is 7.48. The first-order valence-corrected chi connectivity index (χ1v) is 8.98. The van der Waals surface area contributed by atoms with Crippen molar-refractivity contribution in [2.24, 2.45) is 0 Å². The summed E-state index contributed by atoms with van der Waals surface area (Å²) in [5.74, 6) is -0.0422. The van der Waals surface area contributed by atoms with Crippen molar-refractivity contribution in [2.45, 2.75) is 25.4 Å². The molecule has 6 heteroatoms. The molecule has 122 valence electrons. The minimum Gasteiger partial charge on any atom is -0.378 e. The summed E-state index contributed by atoms with van der Waals surface area (Å²) in [7, 11) is 1.82. The zero-order valence-corrected chi connectivity index (χ0v) is 14.6. The van der Waals surface area contributed by atoms with Gasteiger partial charge in [-0.05, 0) is 31.4 Å². The summed E-state index contributed by atoms with van der Waals surface area (Å²) in [5, 5.41) is 3.34. The van der Waals surface area contributed by atoms with Gasteiger partial charge >= 0.3 is 0 Å². The molecule has 1 aromatic carbocycles. The Bertz CT molecular complexity index is 665. The lowest BCUT2D eigenvalue weighted by atomic mass is 10.2. The number of aromatic nitrogens is 1. The summed E-state index contributed by atoms with van der Waals surface area (Å²) < 4.78 is 5.60. The molecule has 0 saturated carbocycles. The number of carbonyl (C=O) groups excluding carboxylic acids is 1. The summed E-state index contributed by atoms with van der Waals surface area (Å²) in [6.07, 6.45) is 3.40. The van der Waals surface area contributed by atoms with E-state index in [1.165, 1.54) is 11.3 Å². The van der Waals surface area contributed by atoms with Gasteiger partial charge in [0, 0.05) is 36.2 Å². The van der Waals surface area contributed by atoms with Crippen LogP contribution in [0.25, 0.3) is 10.6 Å². The summed E-state index contributed by atoms with van der Waals surface area (Å²) in [5.41, 5.74) is 1.47. The molecule has 0 radical (unpaired) electrons. The van der Waals surface area contributed by atoms with E-state index in [4.69, 9.17) is 16.3 Å². The van der Waals surface area contributed by atoms with Crippen LogP contribution < -0.4 is 0 Å². The van der Waals surface area contributed by atoms with Gasteiger partial charge in [-0.2, -0.15) is 0 Å². The molecule has 1 fully saturated rings. The number of nitrogens with zero attached hydrogens (tertiary/aromatic N) is 2. The third-order valence-corrected chi connectivity index (χ3v) is 5.11. The number of rotatable bonds is 5. The Morgan fingerprint density at radius 1 is 1.43 bits per heavy atom. The average molecular weight is 351 g/mol. The first-order valence-electron chi connectivity index (χ1n) is 7.72. The van der Waals surface area contributed by atoms with E-state index in [-0.39, 0.29) is 5.91 Å². The quantitative estimate of drug-likeness (QED) is 0.815. The molecule has 1 aromatic heterocycles. The lowest BCUT2D eigenvalue weighted by Gasteiger charge is -2.18. The van der Waals surface area contributed by atoms with Crippen molar-refractivity contribution in [1.29, 1.82) is 0 Å². The zero-order valence-electron chi connectivity index (χ0n) is 13.0. The number of halogens is 1. The Kier molecular flexibility index (Phi) is 5.30. The number of amides is 1. The molecule has 1 aliphatic rings. The fourth-order valence-electron chi connectivity index (χ4n) is 2.60. The van der Waals surface area contributed by atoms with Gasteiger partial charge in [-0.3, -0.25) is 4.79 Å². The predicted molar refractivity (Wildman–Crippen MR) is 93.1 cm³/mol. The second kappa shape index (κ2) is 7.43. The highest BCUT2D eigenvalue weighted by atomic mass is 35.5. The van der Waals surface area contributed by atoms with Gasteiger partial charge in [0.1, 0.15) is 10.7 Å². The van der Waals surface area contributed by atoms with Crippen molar-refractivity contribution in [3.63, 3.8) is 0 Å². The van der Waals surface area contributed by atoms with Crippen molar-refractivity contribution in [3.05, 3.63) is 40.4 Å². The van der Waals surface area contributed by atoms with E-state index in [1.54, 1.807) is 4.90 Å². The number of carbonyl (C=O) groups is 1. The first-order chi connectivity index (χ1) is 11.1. The van der Waals surface area contributed by atoms with E-state index in [0.29, 0.717) is 23.4 Å². The first kappa shape index (κ1) is 16.4. The van der Waals surface area contributed by atoms with Crippen molar-refractivity contribution in [2.75, 3.05) is 20.2 Å². The molecule has 4 nitrogen and oxygen atoms in total. The van der Waals surface area contributed by atoms with Gasteiger partial charge in [0.05, 0.1) is 6.10 Å². The molecule has 23 heavy (non-hydrogen) atoms. The molecule has 1 aliphatic heterocycles. The van der Waals surface area contributed by atoms with Gasteiger partial charge in [-0.1, -0.05) is 23.7 Å². The summed E-state index contributed by atoms with van der Waals surface area (Å²) in [6.45, 7) is 1.54. The maximum absolute atomic E-state index is 12.5. The molecule has 0 aliphatic carbocycles. The lowest BCUT2D eigenvalue weighted by Crippen LogP contribution is -2.30. The number of ether oxygens (including phenoxy) is 1. The smallest absolute Gasteiger partial charge is 0.273 e. The van der Waals surface area contributed by atoms with Gasteiger partial charge in [-0.25, -0.2) is 4.98 Å². The third kappa shape index (κ3) is 4.10. The maximum atomic E-state index is 12.5. The van der Waals surface area contributed by atoms with E-state index in [1.807, 2.05) is 36.7 Å². The molecule has 2 heterocycles. The van der Waals surface area contributed by atoms with Gasteiger partial charge in [-0.15, -0.1) is 11.3 Å². The average Bonchev–Trinajstić information content (AvgIpc) is 3.24. The second-order valence-electron chi connectivity index (χ2n) is 5.70. The molecule has 0 unspecified atom stereocenters. The van der Waals surface area contributed by atoms with Crippen molar-refractivity contribution in [3.8, 4) is 10.6 Å². The van der Waals surface area contributed by atoms with Crippen LogP contribution in [0.2, 0.25) is 5.02 Å². The van der Waals surface area contributed by atoms with E-state index >= 15 is 0 Å². The van der Waals surface area contributed by atoms with Gasteiger partial charge in [0.15, 0.2) is 0 Å². The second-order valence-corrected chi connectivity index (χ2v) is 6.99. The zero-order chi connectivity index (χ0) is 16.2. The van der Waals surface area contributed by atoms with E-state index < -0.39 is 0 Å². The van der Waals surface area contributed by atoms with Gasteiger partial charge < -0.3 is 9.64 Å². The van der Waals surface area contributed by atoms with Crippen LogP contribution in [0.5, 0.6) is 0 Å². The van der Waals surface area contributed by atoms with Crippen LogP contribution in [0.1, 0.15) is 29.8 Å². The van der Waals surface area contributed by atoms with Gasteiger partial charge in [0.25, 0.3) is 5.91 Å². The molecule has 0 N–H and O–H groups in total. The van der Waals surface area contributed by atoms with Crippen LogP contribution in [0.4, 0.5) is 0 Å². The fourth-order valence-corrected chi connectivity index (χ4v) is 3.53. The van der Waals surface area contributed by atoms with E-state index in [9.17, 15) is 4.79 Å². The molecule has 1 atom stereocenters. The predicted octanol–water partition coefficient (Wildman–Crippen LogP) is 4.10. The lowest BCUT2D eigenvalue weighted by molar-refractivity contribution is 0.0711. The van der Waals surface area contributed by atoms with Crippen LogP contribution in [0, 0.1) is 0 Å². The maximum Gasteiger partial charge on any atom is 0.273 e. The monoisotopic (exact) mass is 350 g/mol. The Morgan fingerprint density at radius 3 is 2.91 bits per heavy atom. The standard InChI is InChI=1S/C17H19ClN2O2S/c1-20(9-8-14-3-2-10-22-14)17(21)15-11-23-16(19-15)12-4-6-13(18)7-5-12/h4-7,11,14H,2-3,8-10H2,1H3/t14-/m1/s1. The van der Waals surface area contributed by atoms with Gasteiger partial charge in [0.2, 0.25) is 0 Å². The van der Waals surface area contributed by atoms with Crippen molar-refractivity contribution in [1.82, 2.24) is 9.88 Å². The van der Waals surface area contributed by atoms with E-state index in [2.05, 4.69) is 4.98 Å². The Labute approximate surface area is 145 Å². The summed E-state index contributed by atoms with van der Waals surface area (Å²) in [4.78, 5) is 18.6. The Morgan fingerprint density at radius 2 is 2.22 bits per heavy atom. The normalized spacial score (nSPS) is 17.4. The van der Waals surface area contributed by atoms with Crippen LogP contribution in [-0.4, -0.2) is 42.1 Å². The Balaban J connectivity index is 1.62. The number of benzene rings is 1.